The number of hydrogen-bond donors (Lipinski definition) is 1. The third-order valence-corrected chi connectivity index (χ3v) is 6.20. The van der Waals surface area contributed by atoms with Gasteiger partial charge in [0.1, 0.15) is 9.84 Å². The van der Waals surface area contributed by atoms with E-state index in [9.17, 15) is 8.42 Å². The van der Waals surface area contributed by atoms with Crippen LogP contribution in [0.5, 0.6) is 0 Å². The molecule has 0 spiro atoms. The maximum Gasteiger partial charge on any atom is 0.150 e. The molecule has 1 atom stereocenters. The summed E-state index contributed by atoms with van der Waals surface area (Å²) in [6, 6.07) is 0.504. The highest BCUT2D eigenvalue weighted by molar-refractivity contribution is 7.91. The molecule has 4 heteroatoms. The molecular formula is C14H29NO2S. The van der Waals surface area contributed by atoms with Gasteiger partial charge in [0.25, 0.3) is 0 Å². The SMILES string of the molecule is CCS(=O)(=O)CCCC(NC)C1CCC(C)CC1. The van der Waals surface area contributed by atoms with E-state index in [1.165, 1.54) is 25.7 Å². The van der Waals surface area contributed by atoms with Gasteiger partial charge in [-0.15, -0.1) is 0 Å². The van der Waals surface area contributed by atoms with Gasteiger partial charge in [-0.05, 0) is 44.6 Å². The van der Waals surface area contributed by atoms with Gasteiger partial charge in [0.2, 0.25) is 0 Å². The van der Waals surface area contributed by atoms with Crippen molar-refractivity contribution in [3.05, 3.63) is 0 Å². The van der Waals surface area contributed by atoms with Crippen molar-refractivity contribution in [2.24, 2.45) is 11.8 Å². The molecule has 3 nitrogen and oxygen atoms in total. The third-order valence-electron chi connectivity index (χ3n) is 4.41. The summed E-state index contributed by atoms with van der Waals surface area (Å²) in [6.07, 6.45) is 7.05. The zero-order chi connectivity index (χ0) is 13.6. The molecule has 0 amide bonds. The molecule has 0 aromatic carbocycles. The predicted octanol–water partition coefficient (Wildman–Crippen LogP) is 2.62. The van der Waals surface area contributed by atoms with Gasteiger partial charge in [-0.1, -0.05) is 26.7 Å². The van der Waals surface area contributed by atoms with Gasteiger partial charge in [0.15, 0.2) is 0 Å². The first-order chi connectivity index (χ1) is 8.48. The average molecular weight is 275 g/mol. The van der Waals surface area contributed by atoms with Crippen LogP contribution in [0.1, 0.15) is 52.4 Å². The van der Waals surface area contributed by atoms with E-state index < -0.39 is 9.84 Å². The van der Waals surface area contributed by atoms with Crippen LogP contribution in [-0.2, 0) is 9.84 Å². The second-order valence-electron chi connectivity index (χ2n) is 5.79. The molecule has 0 bridgehead atoms. The van der Waals surface area contributed by atoms with E-state index in [4.69, 9.17) is 0 Å². The fraction of sp³-hybridized carbons (Fsp3) is 1.00. The maximum absolute atomic E-state index is 11.5. The van der Waals surface area contributed by atoms with Crippen LogP contribution < -0.4 is 5.32 Å². The second kappa shape index (κ2) is 7.49. The van der Waals surface area contributed by atoms with Crippen molar-refractivity contribution in [1.82, 2.24) is 5.32 Å². The van der Waals surface area contributed by atoms with Crippen molar-refractivity contribution < 1.29 is 8.42 Å². The molecule has 1 aliphatic carbocycles. The molecule has 1 saturated carbocycles. The summed E-state index contributed by atoms with van der Waals surface area (Å²) in [5.41, 5.74) is 0. The van der Waals surface area contributed by atoms with E-state index in [1.807, 2.05) is 7.05 Å². The predicted molar refractivity (Wildman–Crippen MR) is 77.5 cm³/mol. The first-order valence-electron chi connectivity index (χ1n) is 7.36. The summed E-state index contributed by atoms with van der Waals surface area (Å²) in [5, 5.41) is 3.40. The van der Waals surface area contributed by atoms with Crippen molar-refractivity contribution >= 4 is 9.84 Å². The number of rotatable bonds is 7. The monoisotopic (exact) mass is 275 g/mol. The average Bonchev–Trinajstić information content (AvgIpc) is 2.36. The van der Waals surface area contributed by atoms with Crippen molar-refractivity contribution in [2.45, 2.75) is 58.4 Å². The molecule has 1 N–H and O–H groups in total. The van der Waals surface area contributed by atoms with E-state index in [1.54, 1.807) is 6.92 Å². The first kappa shape index (κ1) is 16.0. The Hall–Kier alpha value is -0.0900. The zero-order valence-electron chi connectivity index (χ0n) is 12.1. The maximum atomic E-state index is 11.5. The van der Waals surface area contributed by atoms with Gasteiger partial charge in [-0.25, -0.2) is 8.42 Å². The van der Waals surface area contributed by atoms with E-state index in [2.05, 4.69) is 12.2 Å². The van der Waals surface area contributed by atoms with Gasteiger partial charge in [-0.3, -0.25) is 0 Å². The van der Waals surface area contributed by atoms with Crippen molar-refractivity contribution in [3.63, 3.8) is 0 Å². The van der Waals surface area contributed by atoms with Gasteiger partial charge >= 0.3 is 0 Å². The minimum Gasteiger partial charge on any atom is -0.317 e. The largest absolute Gasteiger partial charge is 0.317 e. The van der Waals surface area contributed by atoms with E-state index >= 15 is 0 Å². The number of hydrogen-bond acceptors (Lipinski definition) is 3. The molecule has 108 valence electrons. The lowest BCUT2D eigenvalue weighted by Gasteiger charge is -2.32. The normalized spacial score (nSPS) is 27.1. The molecule has 0 aliphatic heterocycles. The van der Waals surface area contributed by atoms with E-state index in [0.717, 1.165) is 24.7 Å². The molecule has 0 heterocycles. The lowest BCUT2D eigenvalue weighted by atomic mass is 9.78. The molecule has 1 fully saturated rings. The second-order valence-corrected chi connectivity index (χ2v) is 8.27. The minimum absolute atomic E-state index is 0.276. The molecule has 0 aromatic heterocycles. The summed E-state index contributed by atoms with van der Waals surface area (Å²) < 4.78 is 22.9. The van der Waals surface area contributed by atoms with Gasteiger partial charge in [0, 0.05) is 11.8 Å². The van der Waals surface area contributed by atoms with Crippen molar-refractivity contribution in [3.8, 4) is 0 Å². The van der Waals surface area contributed by atoms with Crippen molar-refractivity contribution in [2.75, 3.05) is 18.6 Å². The molecule has 18 heavy (non-hydrogen) atoms. The fourth-order valence-electron chi connectivity index (χ4n) is 2.97. The molecule has 0 aromatic rings. The smallest absolute Gasteiger partial charge is 0.150 e. The van der Waals surface area contributed by atoms with Crippen LogP contribution in [0, 0.1) is 11.8 Å². The molecule has 1 rings (SSSR count). The summed E-state index contributed by atoms with van der Waals surface area (Å²) in [6.45, 7) is 4.06. The highest BCUT2D eigenvalue weighted by Crippen LogP contribution is 2.31. The Morgan fingerprint density at radius 3 is 2.33 bits per heavy atom. The quantitative estimate of drug-likeness (QED) is 0.777. The Kier molecular flexibility index (Phi) is 6.64. The topological polar surface area (TPSA) is 46.2 Å². The lowest BCUT2D eigenvalue weighted by molar-refractivity contribution is 0.228. The Labute approximate surface area is 113 Å². The van der Waals surface area contributed by atoms with E-state index in [-0.39, 0.29) is 5.75 Å². The zero-order valence-corrected chi connectivity index (χ0v) is 12.9. The minimum atomic E-state index is -2.79. The van der Waals surface area contributed by atoms with Gasteiger partial charge in [-0.2, -0.15) is 0 Å². The van der Waals surface area contributed by atoms with Crippen LogP contribution in [-0.4, -0.2) is 33.0 Å². The van der Waals surface area contributed by atoms with Gasteiger partial charge < -0.3 is 5.32 Å². The molecular weight excluding hydrogens is 246 g/mol. The van der Waals surface area contributed by atoms with Crippen molar-refractivity contribution in [1.29, 1.82) is 0 Å². The summed E-state index contributed by atoms with van der Waals surface area (Å²) in [4.78, 5) is 0. The van der Waals surface area contributed by atoms with E-state index in [0.29, 0.717) is 11.8 Å². The van der Waals surface area contributed by atoms with Crippen LogP contribution in [0.25, 0.3) is 0 Å². The third kappa shape index (κ3) is 5.27. The molecule has 1 unspecified atom stereocenters. The van der Waals surface area contributed by atoms with Crippen LogP contribution in [0.4, 0.5) is 0 Å². The first-order valence-corrected chi connectivity index (χ1v) is 9.18. The summed E-state index contributed by atoms with van der Waals surface area (Å²) in [7, 11) is -0.780. The molecule has 1 aliphatic rings. The Morgan fingerprint density at radius 2 is 1.83 bits per heavy atom. The molecule has 0 radical (unpaired) electrons. The Balaban J connectivity index is 2.34. The lowest BCUT2D eigenvalue weighted by Crippen LogP contribution is -2.36. The fourth-order valence-corrected chi connectivity index (χ4v) is 3.87. The number of sulfone groups is 1. The van der Waals surface area contributed by atoms with Gasteiger partial charge in [0.05, 0.1) is 5.75 Å². The van der Waals surface area contributed by atoms with Crippen LogP contribution >= 0.6 is 0 Å². The Morgan fingerprint density at radius 1 is 1.22 bits per heavy atom. The number of nitrogens with one attached hydrogen (secondary N) is 1. The summed E-state index contributed by atoms with van der Waals surface area (Å²) in [5.74, 6) is 2.25. The van der Waals surface area contributed by atoms with Crippen LogP contribution in [0.15, 0.2) is 0 Å². The van der Waals surface area contributed by atoms with Crippen LogP contribution in [0.2, 0.25) is 0 Å². The highest BCUT2D eigenvalue weighted by Gasteiger charge is 2.25. The molecule has 0 saturated heterocycles. The standard InChI is InChI=1S/C14H29NO2S/c1-4-18(16,17)11-5-6-14(15-3)13-9-7-12(2)8-10-13/h12-15H,4-11H2,1-3H3. The summed E-state index contributed by atoms with van der Waals surface area (Å²) >= 11 is 0. The van der Waals surface area contributed by atoms with Crippen LogP contribution in [0.3, 0.4) is 0 Å². The Bertz CT molecular complexity index is 319. The highest BCUT2D eigenvalue weighted by atomic mass is 32.2.